The minimum absolute atomic E-state index is 0.0150. The molecule has 0 bridgehead atoms. The number of amides is 2. The summed E-state index contributed by atoms with van der Waals surface area (Å²) in [5.74, 6) is -0.0536. The van der Waals surface area contributed by atoms with E-state index in [9.17, 15) is 18.0 Å². The van der Waals surface area contributed by atoms with E-state index in [1.807, 2.05) is 13.0 Å². The van der Waals surface area contributed by atoms with E-state index >= 15 is 0 Å². The molecule has 1 aromatic rings. The average Bonchev–Trinajstić information content (AvgIpc) is 3.38. The van der Waals surface area contributed by atoms with E-state index < -0.39 is 27.8 Å². The van der Waals surface area contributed by atoms with Crippen LogP contribution < -0.4 is 5.32 Å². The maximum absolute atomic E-state index is 13.2. The van der Waals surface area contributed by atoms with Gasteiger partial charge in [-0.15, -0.1) is 0 Å². The van der Waals surface area contributed by atoms with Gasteiger partial charge in [0.2, 0.25) is 15.9 Å². The topological polar surface area (TPSA) is 120 Å². The van der Waals surface area contributed by atoms with Crippen LogP contribution in [0.4, 0.5) is 4.79 Å². The number of benzene rings is 1. The van der Waals surface area contributed by atoms with Crippen molar-refractivity contribution < 1.29 is 22.7 Å². The molecule has 1 saturated carbocycles. The molecule has 1 N–H and O–H groups in total. The molecule has 0 radical (unpaired) electrons. The number of nitrogens with zero attached hydrogens (tertiary/aromatic N) is 3. The minimum atomic E-state index is -3.68. The lowest BCUT2D eigenvalue weighted by atomic mass is 9.97. The molecule has 1 aromatic carbocycles. The van der Waals surface area contributed by atoms with Crippen molar-refractivity contribution in [3.63, 3.8) is 0 Å². The van der Waals surface area contributed by atoms with E-state index in [0.717, 1.165) is 19.3 Å². The van der Waals surface area contributed by atoms with Crippen LogP contribution in [0.3, 0.4) is 0 Å². The van der Waals surface area contributed by atoms with E-state index in [1.54, 1.807) is 27.8 Å². The SMILES string of the molecule is CCC[C@@H](C(=O)N[C@H]1CC[C@@H]2CN(S(=O)(=O)c3ccc(C#N)cc3)C[C@@H]21)N(C)C(=O)OC(C)(C)C. The van der Waals surface area contributed by atoms with Gasteiger partial charge in [0.05, 0.1) is 16.5 Å². The standard InChI is InChI=1S/C25H36N4O5S/c1-6-7-22(28(5)24(31)34-25(2,3)4)23(30)27-21-13-10-18-15-29(16-20(18)21)35(32,33)19-11-8-17(14-26)9-12-19/h8-9,11-12,18,20-22H,6-7,10,13,15-16H2,1-5H3,(H,27,30)/t18-,20+,21+,22+/m1/s1. The summed E-state index contributed by atoms with van der Waals surface area (Å²) in [6, 6.07) is 7.11. The Labute approximate surface area is 208 Å². The molecular formula is C25H36N4O5S. The first-order valence-corrected chi connectivity index (χ1v) is 13.6. The van der Waals surface area contributed by atoms with Crippen LogP contribution in [-0.4, -0.2) is 67.4 Å². The van der Waals surface area contributed by atoms with Gasteiger partial charge < -0.3 is 10.1 Å². The van der Waals surface area contributed by atoms with Crippen molar-refractivity contribution >= 4 is 22.0 Å². The van der Waals surface area contributed by atoms with Gasteiger partial charge in [0.15, 0.2) is 0 Å². The Morgan fingerprint density at radius 2 is 1.89 bits per heavy atom. The first-order valence-electron chi connectivity index (χ1n) is 12.1. The highest BCUT2D eigenvalue weighted by molar-refractivity contribution is 7.89. The Balaban J connectivity index is 1.68. The normalized spacial score (nSPS) is 23.3. The summed E-state index contributed by atoms with van der Waals surface area (Å²) in [6.07, 6.45) is 2.28. The van der Waals surface area contributed by atoms with Gasteiger partial charge >= 0.3 is 6.09 Å². The van der Waals surface area contributed by atoms with E-state index in [2.05, 4.69) is 5.32 Å². The molecule has 2 amide bonds. The van der Waals surface area contributed by atoms with Crippen LogP contribution in [0.5, 0.6) is 0 Å². The van der Waals surface area contributed by atoms with Gasteiger partial charge in [0, 0.05) is 26.2 Å². The molecule has 0 aromatic heterocycles. The molecule has 0 spiro atoms. The van der Waals surface area contributed by atoms with Crippen LogP contribution in [0.1, 0.15) is 58.9 Å². The average molecular weight is 505 g/mol. The molecule has 1 aliphatic carbocycles. The number of likely N-dealkylation sites (N-methyl/N-ethyl adjacent to an activating group) is 1. The van der Waals surface area contributed by atoms with E-state index in [0.29, 0.717) is 25.1 Å². The van der Waals surface area contributed by atoms with Crippen molar-refractivity contribution in [3.05, 3.63) is 29.8 Å². The van der Waals surface area contributed by atoms with Gasteiger partial charge in [-0.05, 0) is 76.1 Å². The number of carbonyl (C=O) groups excluding carboxylic acids is 2. The molecule has 35 heavy (non-hydrogen) atoms. The van der Waals surface area contributed by atoms with Gasteiger partial charge in [0.1, 0.15) is 11.6 Å². The Morgan fingerprint density at radius 1 is 1.23 bits per heavy atom. The highest BCUT2D eigenvalue weighted by Gasteiger charge is 2.47. The van der Waals surface area contributed by atoms with Crippen LogP contribution in [-0.2, 0) is 19.6 Å². The summed E-state index contributed by atoms with van der Waals surface area (Å²) in [5.41, 5.74) is -0.256. The van der Waals surface area contributed by atoms with Crippen LogP contribution in [0.15, 0.2) is 29.2 Å². The number of carbonyl (C=O) groups is 2. The zero-order chi connectivity index (χ0) is 26.0. The van der Waals surface area contributed by atoms with Crippen LogP contribution >= 0.6 is 0 Å². The number of ether oxygens (including phenoxy) is 1. The van der Waals surface area contributed by atoms with Gasteiger partial charge in [-0.25, -0.2) is 13.2 Å². The maximum atomic E-state index is 13.2. The lowest BCUT2D eigenvalue weighted by molar-refractivity contribution is -0.127. The summed E-state index contributed by atoms with van der Waals surface area (Å²) < 4.78 is 33.3. The number of fused-ring (bicyclic) bond motifs is 1. The zero-order valence-corrected chi connectivity index (χ0v) is 22.0. The summed E-state index contributed by atoms with van der Waals surface area (Å²) in [4.78, 5) is 27.3. The van der Waals surface area contributed by atoms with E-state index in [1.165, 1.54) is 33.5 Å². The third-order valence-corrected chi connectivity index (χ3v) is 8.63. The van der Waals surface area contributed by atoms with Crippen molar-refractivity contribution in [1.29, 1.82) is 5.26 Å². The van der Waals surface area contributed by atoms with Crippen LogP contribution in [0, 0.1) is 23.2 Å². The number of sulfonamides is 1. The Bertz CT molecular complexity index is 1070. The van der Waals surface area contributed by atoms with Crippen LogP contribution in [0.2, 0.25) is 0 Å². The molecule has 10 heteroatoms. The fourth-order valence-corrected chi connectivity index (χ4v) is 6.50. The molecule has 1 saturated heterocycles. The van der Waals surface area contributed by atoms with Crippen molar-refractivity contribution in [2.45, 2.75) is 76.0 Å². The summed E-state index contributed by atoms with van der Waals surface area (Å²) in [7, 11) is -2.11. The van der Waals surface area contributed by atoms with E-state index in [-0.39, 0.29) is 28.7 Å². The molecule has 2 fully saturated rings. The Kier molecular flexibility index (Phi) is 8.12. The fourth-order valence-electron chi connectivity index (χ4n) is 4.96. The predicted octanol–water partition coefficient (Wildman–Crippen LogP) is 3.11. The first-order chi connectivity index (χ1) is 16.4. The smallest absolute Gasteiger partial charge is 0.410 e. The molecule has 0 unspecified atom stereocenters. The summed E-state index contributed by atoms with van der Waals surface area (Å²) in [5, 5.41) is 12.1. The van der Waals surface area contributed by atoms with Crippen molar-refractivity contribution in [2.24, 2.45) is 11.8 Å². The molecule has 1 heterocycles. The van der Waals surface area contributed by atoms with Gasteiger partial charge in [-0.1, -0.05) is 13.3 Å². The third-order valence-electron chi connectivity index (χ3n) is 6.79. The number of nitriles is 1. The predicted molar refractivity (Wildman–Crippen MR) is 131 cm³/mol. The van der Waals surface area contributed by atoms with Crippen molar-refractivity contribution in [2.75, 3.05) is 20.1 Å². The first kappa shape index (κ1) is 27.0. The molecule has 4 atom stereocenters. The lowest BCUT2D eigenvalue weighted by Crippen LogP contribution is -2.52. The fraction of sp³-hybridized carbons (Fsp3) is 0.640. The number of hydrogen-bond acceptors (Lipinski definition) is 6. The van der Waals surface area contributed by atoms with Gasteiger partial charge in [-0.3, -0.25) is 9.69 Å². The molecule has 9 nitrogen and oxygen atoms in total. The monoisotopic (exact) mass is 504 g/mol. The second-order valence-electron chi connectivity index (χ2n) is 10.5. The second-order valence-corrected chi connectivity index (χ2v) is 12.4. The molecule has 2 aliphatic rings. The Hall–Kier alpha value is -2.64. The number of nitrogens with one attached hydrogen (secondary N) is 1. The maximum Gasteiger partial charge on any atom is 0.410 e. The van der Waals surface area contributed by atoms with Crippen molar-refractivity contribution in [1.82, 2.24) is 14.5 Å². The minimum Gasteiger partial charge on any atom is -0.444 e. The highest BCUT2D eigenvalue weighted by atomic mass is 32.2. The highest BCUT2D eigenvalue weighted by Crippen LogP contribution is 2.40. The second kappa shape index (κ2) is 10.5. The zero-order valence-electron chi connectivity index (χ0n) is 21.2. The molecular weight excluding hydrogens is 468 g/mol. The van der Waals surface area contributed by atoms with E-state index in [4.69, 9.17) is 10.00 Å². The molecule has 3 rings (SSSR count). The largest absolute Gasteiger partial charge is 0.444 e. The number of hydrogen-bond donors (Lipinski definition) is 1. The Morgan fingerprint density at radius 3 is 2.46 bits per heavy atom. The molecule has 192 valence electrons. The lowest BCUT2D eigenvalue weighted by Gasteiger charge is -2.31. The van der Waals surface area contributed by atoms with Gasteiger partial charge in [-0.2, -0.15) is 9.57 Å². The third kappa shape index (κ3) is 6.14. The summed E-state index contributed by atoms with van der Waals surface area (Å²) in [6.45, 7) is 8.05. The van der Waals surface area contributed by atoms with Gasteiger partial charge in [0.25, 0.3) is 0 Å². The van der Waals surface area contributed by atoms with Crippen molar-refractivity contribution in [3.8, 4) is 6.07 Å². The molecule has 1 aliphatic heterocycles. The quantitative estimate of drug-likeness (QED) is 0.609. The van der Waals surface area contributed by atoms with Crippen LogP contribution in [0.25, 0.3) is 0 Å². The summed E-state index contributed by atoms with van der Waals surface area (Å²) >= 11 is 0. The number of rotatable bonds is 7.